The fourth-order valence-corrected chi connectivity index (χ4v) is 4.31. The van der Waals surface area contributed by atoms with Gasteiger partial charge in [0.05, 0.1) is 20.3 Å². The Morgan fingerprint density at radius 1 is 1.16 bits per heavy atom. The number of thiocarbonyl (C=S) groups is 1. The second-order valence-corrected chi connectivity index (χ2v) is 10.8. The summed E-state index contributed by atoms with van der Waals surface area (Å²) >= 11 is 5.55. The van der Waals surface area contributed by atoms with Gasteiger partial charge in [0.2, 0.25) is 0 Å². The molecule has 1 aromatic carbocycles. The minimum atomic E-state index is -0.422. The number of nitrogens with zero attached hydrogens (tertiary/aromatic N) is 1. The fraction of sp³-hybridized carbons (Fsp3) is 0.607. The molecule has 3 rings (SSSR count). The van der Waals surface area contributed by atoms with Crippen molar-refractivity contribution in [2.24, 2.45) is 5.41 Å². The summed E-state index contributed by atoms with van der Waals surface area (Å²) in [6, 6.07) is 0. The topological polar surface area (TPSA) is 83.5 Å². The highest BCUT2D eigenvalue weighted by Gasteiger charge is 2.34. The zero-order valence-electron chi connectivity index (χ0n) is 22.9. The maximum Gasteiger partial charge on any atom is 0.342 e. The van der Waals surface area contributed by atoms with Crippen molar-refractivity contribution < 1.29 is 33.3 Å². The predicted molar refractivity (Wildman–Crippen MR) is 144 cm³/mol. The third kappa shape index (κ3) is 7.52. The van der Waals surface area contributed by atoms with Gasteiger partial charge in [-0.3, -0.25) is 9.69 Å². The highest BCUT2D eigenvalue weighted by Crippen LogP contribution is 2.43. The van der Waals surface area contributed by atoms with Crippen LogP contribution in [0.25, 0.3) is 0 Å². The van der Waals surface area contributed by atoms with Crippen molar-refractivity contribution in [3.05, 3.63) is 33.9 Å². The quantitative estimate of drug-likeness (QED) is 0.244. The molecule has 37 heavy (non-hydrogen) atoms. The summed E-state index contributed by atoms with van der Waals surface area (Å²) in [5, 5.41) is 0.377. The third-order valence-corrected chi connectivity index (χ3v) is 7.28. The molecule has 0 aliphatic carbocycles. The molecule has 0 unspecified atom stereocenters. The van der Waals surface area contributed by atoms with Crippen LogP contribution in [0.2, 0.25) is 0 Å². The molecule has 0 saturated carbocycles. The summed E-state index contributed by atoms with van der Waals surface area (Å²) in [6.07, 6.45) is 3.35. The second-order valence-electron chi connectivity index (χ2n) is 10.5. The van der Waals surface area contributed by atoms with Gasteiger partial charge in [-0.1, -0.05) is 32.4 Å². The molecule has 1 saturated heterocycles. The number of carbonyl (C=O) groups excluding carboxylic acids is 2. The van der Waals surface area contributed by atoms with E-state index >= 15 is 0 Å². The van der Waals surface area contributed by atoms with Gasteiger partial charge in [0.25, 0.3) is 0 Å². The molecule has 9 heteroatoms. The summed E-state index contributed by atoms with van der Waals surface area (Å²) < 4.78 is 28.0. The molecule has 1 aromatic rings. The van der Waals surface area contributed by atoms with Crippen LogP contribution in [-0.2, 0) is 32.0 Å². The molecular weight excluding hydrogens is 494 g/mol. The number of ether oxygens (including phenoxy) is 5. The van der Waals surface area contributed by atoms with Gasteiger partial charge in [-0.25, -0.2) is 4.79 Å². The van der Waals surface area contributed by atoms with Crippen molar-refractivity contribution in [1.82, 2.24) is 4.90 Å². The van der Waals surface area contributed by atoms with Crippen molar-refractivity contribution in [3.8, 4) is 11.5 Å². The Morgan fingerprint density at radius 3 is 2.51 bits per heavy atom. The Hall–Kier alpha value is -2.49. The Bertz CT molecular complexity index is 1050. The smallest absolute Gasteiger partial charge is 0.342 e. The monoisotopic (exact) mass is 533 g/mol. The van der Waals surface area contributed by atoms with E-state index in [9.17, 15) is 9.59 Å². The lowest BCUT2D eigenvalue weighted by molar-refractivity contribution is -0.144. The third-order valence-electron chi connectivity index (χ3n) is 6.59. The van der Waals surface area contributed by atoms with Gasteiger partial charge in [-0.15, -0.1) is 0 Å². The number of hydrogen-bond acceptors (Lipinski definition) is 9. The van der Waals surface area contributed by atoms with E-state index in [1.54, 1.807) is 7.11 Å². The lowest BCUT2D eigenvalue weighted by atomic mass is 9.94. The van der Waals surface area contributed by atoms with Gasteiger partial charge in [-0.2, -0.15) is 0 Å². The zero-order chi connectivity index (χ0) is 27.2. The van der Waals surface area contributed by atoms with Crippen LogP contribution >= 0.6 is 12.2 Å². The molecule has 8 nitrogen and oxygen atoms in total. The molecule has 1 fully saturated rings. The highest BCUT2D eigenvalue weighted by atomic mass is 32.1. The van der Waals surface area contributed by atoms with Gasteiger partial charge in [0, 0.05) is 42.6 Å². The first-order valence-corrected chi connectivity index (χ1v) is 13.2. The summed E-state index contributed by atoms with van der Waals surface area (Å²) in [4.78, 5) is 27.1. The van der Waals surface area contributed by atoms with Crippen LogP contribution in [0, 0.1) is 12.3 Å². The molecule has 0 amide bonds. The van der Waals surface area contributed by atoms with Crippen molar-refractivity contribution >= 4 is 29.2 Å². The molecule has 0 atom stereocenters. The van der Waals surface area contributed by atoms with E-state index in [0.717, 1.165) is 55.1 Å². The van der Waals surface area contributed by atoms with E-state index in [1.807, 2.05) is 40.7 Å². The molecule has 2 heterocycles. The molecule has 0 N–H and O–H groups in total. The Morgan fingerprint density at radius 2 is 1.86 bits per heavy atom. The van der Waals surface area contributed by atoms with Gasteiger partial charge < -0.3 is 23.7 Å². The van der Waals surface area contributed by atoms with Crippen molar-refractivity contribution in [2.75, 3.05) is 46.6 Å². The van der Waals surface area contributed by atoms with Crippen LogP contribution in [0.15, 0.2) is 11.6 Å². The minimum absolute atomic E-state index is 0.178. The van der Waals surface area contributed by atoms with Crippen LogP contribution in [0.3, 0.4) is 0 Å². The molecule has 2 aliphatic rings. The number of hydrogen-bond donors (Lipinski definition) is 0. The minimum Gasteiger partial charge on any atom is -0.496 e. The molecule has 204 valence electrons. The normalized spacial score (nSPS) is 16.3. The lowest BCUT2D eigenvalue weighted by Crippen LogP contribution is -2.38. The fourth-order valence-electron chi connectivity index (χ4n) is 4.23. The molecule has 2 aliphatic heterocycles. The number of allylic oxidation sites excluding steroid dienone is 2. The molecule has 0 radical (unpaired) electrons. The van der Waals surface area contributed by atoms with Gasteiger partial charge in [-0.05, 0) is 44.5 Å². The van der Waals surface area contributed by atoms with E-state index in [0.29, 0.717) is 48.0 Å². The van der Waals surface area contributed by atoms with E-state index in [2.05, 4.69) is 4.90 Å². The first kappa shape index (κ1) is 29.1. The van der Waals surface area contributed by atoms with E-state index in [-0.39, 0.29) is 12.6 Å². The number of rotatable bonds is 10. The van der Waals surface area contributed by atoms with Crippen LogP contribution in [0.4, 0.5) is 0 Å². The van der Waals surface area contributed by atoms with Gasteiger partial charge in [0.15, 0.2) is 5.05 Å². The van der Waals surface area contributed by atoms with Crippen LogP contribution < -0.4 is 9.47 Å². The Kier molecular flexibility index (Phi) is 10.1. The van der Waals surface area contributed by atoms with Gasteiger partial charge in [0.1, 0.15) is 30.3 Å². The number of cyclic esters (lactones) is 1. The molecule has 0 bridgehead atoms. The number of carbonyl (C=O) groups is 2. The number of morpholine rings is 1. The number of fused-ring (bicyclic) bond motifs is 1. The maximum absolute atomic E-state index is 12.7. The van der Waals surface area contributed by atoms with Crippen LogP contribution in [-0.4, -0.2) is 68.5 Å². The van der Waals surface area contributed by atoms with Crippen molar-refractivity contribution in [1.29, 1.82) is 0 Å². The first-order valence-electron chi connectivity index (χ1n) is 12.8. The number of esters is 2. The summed E-state index contributed by atoms with van der Waals surface area (Å²) in [5.74, 6) is 0.408. The molecular formula is C28H39NO7S. The Labute approximate surface area is 225 Å². The Balaban J connectivity index is 1.71. The first-order chi connectivity index (χ1) is 17.5. The number of benzene rings is 1. The molecule has 0 aromatic heterocycles. The van der Waals surface area contributed by atoms with E-state index < -0.39 is 11.4 Å². The largest absolute Gasteiger partial charge is 0.496 e. The summed E-state index contributed by atoms with van der Waals surface area (Å²) in [5.41, 5.74) is 3.39. The zero-order valence-corrected chi connectivity index (χ0v) is 23.7. The standard InChI is InChI=1S/C28H39NO7S/c1-18(8-10-22(30)34-16-13-29-11-14-33-15-12-29)7-9-20-24(32-6)19(2)21-17-35-26(31)23(21)25(20)36-27(37)28(3,4)5/h7H,8-17H2,1-6H3/b18-7+. The van der Waals surface area contributed by atoms with Gasteiger partial charge >= 0.3 is 11.9 Å². The maximum atomic E-state index is 12.7. The summed E-state index contributed by atoms with van der Waals surface area (Å²) in [7, 11) is 1.60. The highest BCUT2D eigenvalue weighted by molar-refractivity contribution is 7.80. The van der Waals surface area contributed by atoms with Crippen molar-refractivity contribution in [3.63, 3.8) is 0 Å². The average Bonchev–Trinajstić information content (AvgIpc) is 3.25. The van der Waals surface area contributed by atoms with E-state index in [1.165, 1.54) is 0 Å². The predicted octanol–water partition coefficient (Wildman–Crippen LogP) is 4.57. The van der Waals surface area contributed by atoms with Crippen molar-refractivity contribution in [2.45, 2.75) is 60.5 Å². The number of methoxy groups -OCH3 is 1. The second kappa shape index (κ2) is 12.8. The van der Waals surface area contributed by atoms with Crippen LogP contribution in [0.5, 0.6) is 11.5 Å². The SMILES string of the molecule is COc1c(C)c2c(c(OC(=S)C(C)(C)C)c1C/C=C(\C)CCC(=O)OCCN1CCOCC1)C(=O)OC2. The average molecular weight is 534 g/mol. The lowest BCUT2D eigenvalue weighted by Gasteiger charge is -2.26. The van der Waals surface area contributed by atoms with E-state index in [4.69, 9.17) is 35.9 Å². The van der Waals surface area contributed by atoms with Crippen LogP contribution in [0.1, 0.15) is 67.6 Å². The molecule has 0 spiro atoms. The summed E-state index contributed by atoms with van der Waals surface area (Å²) in [6.45, 7) is 14.3.